The predicted molar refractivity (Wildman–Crippen MR) is 77.5 cm³/mol. The van der Waals surface area contributed by atoms with Crippen LogP contribution in [0.15, 0.2) is 18.2 Å². The summed E-state index contributed by atoms with van der Waals surface area (Å²) in [5.74, 6) is 6.32. The highest BCUT2D eigenvalue weighted by Gasteiger charge is 2.44. The van der Waals surface area contributed by atoms with Crippen LogP contribution in [0.1, 0.15) is 18.4 Å². The maximum absolute atomic E-state index is 10.7. The van der Waals surface area contributed by atoms with Gasteiger partial charge in [-0.25, -0.2) is 0 Å². The van der Waals surface area contributed by atoms with E-state index in [0.29, 0.717) is 22.2 Å². The van der Waals surface area contributed by atoms with Crippen LogP contribution in [-0.4, -0.2) is 35.2 Å². The average molecular weight is 296 g/mol. The first-order chi connectivity index (χ1) is 9.07. The molecule has 1 aromatic rings. The van der Waals surface area contributed by atoms with Crippen LogP contribution in [0.25, 0.3) is 0 Å². The Balaban J connectivity index is 1.89. The van der Waals surface area contributed by atoms with E-state index >= 15 is 0 Å². The van der Waals surface area contributed by atoms with Gasteiger partial charge in [-0.1, -0.05) is 35.0 Å². The van der Waals surface area contributed by atoms with Gasteiger partial charge in [-0.2, -0.15) is 0 Å². The molecule has 1 aromatic carbocycles. The van der Waals surface area contributed by atoms with E-state index < -0.39 is 5.60 Å². The van der Waals surface area contributed by atoms with Crippen molar-refractivity contribution in [2.75, 3.05) is 19.6 Å². The van der Waals surface area contributed by atoms with Crippen LogP contribution < -0.4 is 0 Å². The fraction of sp³-hybridized carbons (Fsp3) is 0.467. The van der Waals surface area contributed by atoms with Crippen molar-refractivity contribution in [3.8, 4) is 11.8 Å². The second-order valence-electron chi connectivity index (χ2n) is 5.35. The minimum atomic E-state index is -0.901. The lowest BCUT2D eigenvalue weighted by molar-refractivity contribution is -0.0713. The smallest absolute Gasteiger partial charge is 0.141 e. The summed E-state index contributed by atoms with van der Waals surface area (Å²) in [5, 5.41) is 11.9. The second kappa shape index (κ2) is 5.00. The van der Waals surface area contributed by atoms with Gasteiger partial charge in [0.15, 0.2) is 0 Å². The van der Waals surface area contributed by atoms with Crippen molar-refractivity contribution < 1.29 is 5.11 Å². The summed E-state index contributed by atoms with van der Waals surface area (Å²) in [6.07, 6.45) is 2.04. The van der Waals surface area contributed by atoms with Crippen molar-refractivity contribution in [3.63, 3.8) is 0 Å². The van der Waals surface area contributed by atoms with Gasteiger partial charge in [0.05, 0.1) is 5.02 Å². The first-order valence-corrected chi connectivity index (χ1v) is 7.25. The maximum Gasteiger partial charge on any atom is 0.141 e. The molecule has 0 aromatic heterocycles. The van der Waals surface area contributed by atoms with Crippen molar-refractivity contribution >= 4 is 23.2 Å². The summed E-state index contributed by atoms with van der Waals surface area (Å²) in [5.41, 5.74) is -0.221. The first-order valence-electron chi connectivity index (χ1n) is 6.50. The number of benzene rings is 1. The van der Waals surface area contributed by atoms with E-state index in [1.54, 1.807) is 18.2 Å². The lowest BCUT2D eigenvalue weighted by Gasteiger charge is -2.47. The van der Waals surface area contributed by atoms with E-state index in [0.717, 1.165) is 25.9 Å². The van der Waals surface area contributed by atoms with Crippen LogP contribution >= 0.6 is 23.2 Å². The second-order valence-corrected chi connectivity index (χ2v) is 6.19. The molecule has 0 saturated carbocycles. The number of rotatable bonds is 0. The fourth-order valence-corrected chi connectivity index (χ4v) is 3.29. The van der Waals surface area contributed by atoms with Gasteiger partial charge in [0.2, 0.25) is 0 Å². The molecule has 100 valence electrons. The molecule has 3 aliphatic heterocycles. The zero-order chi connectivity index (χ0) is 13.5. The summed E-state index contributed by atoms with van der Waals surface area (Å²) < 4.78 is 0. The predicted octanol–water partition coefficient (Wildman–Crippen LogP) is 2.80. The van der Waals surface area contributed by atoms with Crippen molar-refractivity contribution in [1.29, 1.82) is 0 Å². The van der Waals surface area contributed by atoms with Gasteiger partial charge in [-0.15, -0.1) is 0 Å². The highest BCUT2D eigenvalue weighted by Crippen LogP contribution is 2.35. The van der Waals surface area contributed by atoms with Gasteiger partial charge in [0.1, 0.15) is 5.60 Å². The topological polar surface area (TPSA) is 23.5 Å². The summed E-state index contributed by atoms with van der Waals surface area (Å²) in [4.78, 5) is 2.27. The number of hydrogen-bond donors (Lipinski definition) is 1. The molecule has 4 heteroatoms. The Hall–Kier alpha value is -0.720. The number of halogens is 2. The van der Waals surface area contributed by atoms with Gasteiger partial charge >= 0.3 is 0 Å². The van der Waals surface area contributed by atoms with Gasteiger partial charge in [-0.3, -0.25) is 4.90 Å². The Morgan fingerprint density at radius 3 is 2.63 bits per heavy atom. The molecule has 0 radical (unpaired) electrons. The number of piperidine rings is 3. The zero-order valence-electron chi connectivity index (χ0n) is 10.5. The molecule has 3 saturated heterocycles. The number of aliphatic hydroxyl groups is 1. The molecule has 0 amide bonds. The molecular formula is C15H15Cl2NO. The Labute approximate surface area is 123 Å². The molecule has 1 atom stereocenters. The third-order valence-electron chi connectivity index (χ3n) is 4.07. The van der Waals surface area contributed by atoms with E-state index in [-0.39, 0.29) is 5.92 Å². The first kappa shape index (κ1) is 13.3. The third-order valence-corrected chi connectivity index (χ3v) is 4.63. The molecule has 3 fully saturated rings. The Morgan fingerprint density at radius 1 is 1.26 bits per heavy atom. The van der Waals surface area contributed by atoms with Crippen molar-refractivity contribution in [2.24, 2.45) is 5.92 Å². The van der Waals surface area contributed by atoms with Crippen LogP contribution in [0, 0.1) is 17.8 Å². The monoisotopic (exact) mass is 295 g/mol. The minimum Gasteiger partial charge on any atom is -0.376 e. The molecule has 3 aliphatic rings. The lowest BCUT2D eigenvalue weighted by atomic mass is 9.76. The van der Waals surface area contributed by atoms with E-state index in [2.05, 4.69) is 16.7 Å². The third kappa shape index (κ3) is 2.61. The van der Waals surface area contributed by atoms with Crippen LogP contribution in [0.5, 0.6) is 0 Å². The van der Waals surface area contributed by atoms with Crippen LogP contribution in [-0.2, 0) is 0 Å². The summed E-state index contributed by atoms with van der Waals surface area (Å²) in [6.45, 7) is 2.79. The summed E-state index contributed by atoms with van der Waals surface area (Å²) in [7, 11) is 0. The number of fused-ring (bicyclic) bond motifs is 3. The van der Waals surface area contributed by atoms with Crippen molar-refractivity contribution in [2.45, 2.75) is 18.4 Å². The summed E-state index contributed by atoms with van der Waals surface area (Å²) >= 11 is 12.0. The van der Waals surface area contributed by atoms with Gasteiger partial charge < -0.3 is 5.11 Å². The molecular weight excluding hydrogens is 281 g/mol. The molecule has 2 nitrogen and oxygen atoms in total. The number of hydrogen-bond acceptors (Lipinski definition) is 2. The molecule has 1 unspecified atom stereocenters. The molecule has 0 aliphatic carbocycles. The van der Waals surface area contributed by atoms with Crippen molar-refractivity contribution in [1.82, 2.24) is 4.90 Å². The van der Waals surface area contributed by atoms with Crippen molar-refractivity contribution in [3.05, 3.63) is 33.8 Å². The Morgan fingerprint density at radius 2 is 2.00 bits per heavy atom. The lowest BCUT2D eigenvalue weighted by Crippen LogP contribution is -2.58. The van der Waals surface area contributed by atoms with Crippen LogP contribution in [0.4, 0.5) is 0 Å². The van der Waals surface area contributed by atoms with E-state index in [9.17, 15) is 5.11 Å². The van der Waals surface area contributed by atoms with E-state index in [1.807, 2.05) is 0 Å². The number of nitrogens with zero attached hydrogens (tertiary/aromatic N) is 1. The Kier molecular flexibility index (Phi) is 3.49. The van der Waals surface area contributed by atoms with Gasteiger partial charge in [0.25, 0.3) is 0 Å². The highest BCUT2D eigenvalue weighted by atomic mass is 35.5. The highest BCUT2D eigenvalue weighted by molar-refractivity contribution is 6.33. The summed E-state index contributed by atoms with van der Waals surface area (Å²) in [6, 6.07) is 5.20. The van der Waals surface area contributed by atoms with Crippen LogP contribution in [0.2, 0.25) is 10.0 Å². The standard InChI is InChI=1S/C15H15Cl2NO/c16-13-1-2-14(17)11(9-13)3-6-15(19)10-18-7-4-12(15)5-8-18/h1-2,9,12,19H,4-5,7-8,10H2. The molecule has 2 bridgehead atoms. The molecule has 3 heterocycles. The largest absolute Gasteiger partial charge is 0.376 e. The van der Waals surface area contributed by atoms with Gasteiger partial charge in [-0.05, 0) is 44.1 Å². The zero-order valence-corrected chi connectivity index (χ0v) is 12.0. The average Bonchev–Trinajstić information content (AvgIpc) is 2.41. The van der Waals surface area contributed by atoms with E-state index in [1.165, 1.54) is 0 Å². The quantitative estimate of drug-likeness (QED) is 0.744. The molecule has 1 N–H and O–H groups in total. The van der Waals surface area contributed by atoms with Crippen LogP contribution in [0.3, 0.4) is 0 Å². The molecule has 0 spiro atoms. The van der Waals surface area contributed by atoms with Gasteiger partial charge in [0, 0.05) is 23.0 Å². The SMILES string of the molecule is OC1(C#Cc2cc(Cl)ccc2Cl)CN2CCC1CC2. The molecule has 19 heavy (non-hydrogen) atoms. The normalized spacial score (nSPS) is 32.8. The molecule has 4 rings (SSSR count). The maximum atomic E-state index is 10.7. The minimum absolute atomic E-state index is 0.281. The fourth-order valence-electron chi connectivity index (χ4n) is 2.95. The van der Waals surface area contributed by atoms with E-state index in [4.69, 9.17) is 23.2 Å². The Bertz CT molecular complexity index is 555.